The van der Waals surface area contributed by atoms with E-state index in [2.05, 4.69) is 91.0 Å². The smallest absolute Gasteiger partial charge is 0.0407 e. The van der Waals surface area contributed by atoms with E-state index < -0.39 is 7.92 Å². The van der Waals surface area contributed by atoms with Crippen molar-refractivity contribution in [2.24, 2.45) is 0 Å². The zero-order valence-corrected chi connectivity index (χ0v) is 17.9. The molecule has 4 rings (SSSR count). The molecule has 0 saturated carbocycles. The fourth-order valence-corrected chi connectivity index (χ4v) is 5.32. The number of benzene rings is 4. The molecule has 0 fully saturated rings. The Labute approximate surface area is 180 Å². The minimum Gasteiger partial charge on any atom is -0.122 e. The highest BCUT2D eigenvalue weighted by Crippen LogP contribution is 2.32. The van der Waals surface area contributed by atoms with Gasteiger partial charge in [0.1, 0.15) is 0 Å². The molecular weight excluding hydrogens is 391 g/mol. The summed E-state index contributed by atoms with van der Waals surface area (Å²) in [6, 6.07) is 42.4. The normalized spacial score (nSPS) is 10.6. The molecule has 0 aromatic heterocycles. The molecule has 144 valence electrons. The predicted octanol–water partition coefficient (Wildman–Crippen LogP) is 6.38. The number of hydrogen-bond acceptors (Lipinski definition) is 0. The van der Waals surface area contributed by atoms with Gasteiger partial charge in [-0.15, -0.1) is 11.6 Å². The average Bonchev–Trinajstić information content (AvgIpc) is 2.81. The molecule has 0 amide bonds. The molecule has 4 aromatic carbocycles. The first kappa shape index (κ1) is 21.1. The number of halogens is 1. The Bertz CT molecular complexity index is 874. The molecule has 0 N–H and O–H groups in total. The average molecular weight is 415 g/mol. The molecule has 29 heavy (non-hydrogen) atoms. The van der Waals surface area contributed by atoms with Gasteiger partial charge in [0, 0.05) is 5.88 Å². The summed E-state index contributed by atoms with van der Waals surface area (Å²) in [5.41, 5.74) is 1.20. The standard InChI is InChI=1S/C18H15P.C9H9Cl/c1-4-10-16(11-5-1)19(17-12-6-2-7-13-17)18-14-8-3-9-15-18;10-8-4-7-9-5-2-1-3-6-9/h1-15H;1-7H,8H2/b;7-4+. The van der Waals surface area contributed by atoms with Crippen LogP contribution in [-0.2, 0) is 0 Å². The molecule has 0 radical (unpaired) electrons. The molecule has 0 bridgehead atoms. The molecule has 0 spiro atoms. The van der Waals surface area contributed by atoms with Crippen molar-refractivity contribution in [3.63, 3.8) is 0 Å². The summed E-state index contributed by atoms with van der Waals surface area (Å²) < 4.78 is 0. The van der Waals surface area contributed by atoms with Crippen LogP contribution in [-0.4, -0.2) is 5.88 Å². The van der Waals surface area contributed by atoms with Crippen molar-refractivity contribution >= 4 is 41.5 Å². The van der Waals surface area contributed by atoms with E-state index in [1.807, 2.05) is 42.5 Å². The van der Waals surface area contributed by atoms with Crippen LogP contribution in [0.1, 0.15) is 5.56 Å². The molecule has 0 heterocycles. The van der Waals surface area contributed by atoms with Crippen LogP contribution in [0.4, 0.5) is 0 Å². The fourth-order valence-electron chi connectivity index (χ4n) is 2.92. The zero-order chi connectivity index (χ0) is 20.2. The summed E-state index contributed by atoms with van der Waals surface area (Å²) in [4.78, 5) is 0. The second-order valence-corrected chi connectivity index (χ2v) is 8.84. The van der Waals surface area contributed by atoms with Gasteiger partial charge in [0.05, 0.1) is 0 Å². The first-order valence-corrected chi connectivity index (χ1v) is 11.5. The van der Waals surface area contributed by atoms with Gasteiger partial charge in [-0.3, -0.25) is 0 Å². The van der Waals surface area contributed by atoms with Crippen LogP contribution in [0, 0.1) is 0 Å². The molecule has 0 aliphatic rings. The fraction of sp³-hybridized carbons (Fsp3) is 0.0370. The molecule has 0 nitrogen and oxygen atoms in total. The quantitative estimate of drug-likeness (QED) is 0.262. The highest BCUT2D eigenvalue weighted by molar-refractivity contribution is 7.79. The Kier molecular flexibility index (Phi) is 8.73. The van der Waals surface area contributed by atoms with E-state index in [9.17, 15) is 0 Å². The molecule has 0 atom stereocenters. The van der Waals surface area contributed by atoms with E-state index in [1.165, 1.54) is 21.5 Å². The van der Waals surface area contributed by atoms with E-state index in [1.54, 1.807) is 0 Å². The molecule has 0 aliphatic carbocycles. The van der Waals surface area contributed by atoms with Gasteiger partial charge in [0.15, 0.2) is 0 Å². The summed E-state index contributed by atoms with van der Waals surface area (Å²) in [6.45, 7) is 0. The lowest BCUT2D eigenvalue weighted by atomic mass is 10.2. The lowest BCUT2D eigenvalue weighted by molar-refractivity contribution is 1.65. The monoisotopic (exact) mass is 414 g/mol. The Morgan fingerprint density at radius 2 is 0.862 bits per heavy atom. The van der Waals surface area contributed by atoms with Gasteiger partial charge in [-0.25, -0.2) is 0 Å². The maximum absolute atomic E-state index is 5.46. The van der Waals surface area contributed by atoms with Gasteiger partial charge >= 0.3 is 0 Å². The molecule has 0 saturated heterocycles. The van der Waals surface area contributed by atoms with Crippen molar-refractivity contribution in [3.05, 3.63) is 133 Å². The van der Waals surface area contributed by atoms with Crippen LogP contribution >= 0.6 is 19.5 Å². The molecular formula is C27H24ClP. The number of hydrogen-bond donors (Lipinski definition) is 0. The summed E-state index contributed by atoms with van der Waals surface area (Å²) in [7, 11) is -0.446. The highest BCUT2D eigenvalue weighted by atomic mass is 35.5. The molecule has 0 aliphatic heterocycles. The van der Waals surface area contributed by atoms with E-state index in [4.69, 9.17) is 11.6 Å². The van der Waals surface area contributed by atoms with E-state index >= 15 is 0 Å². The maximum Gasteiger partial charge on any atom is 0.0407 e. The van der Waals surface area contributed by atoms with Crippen LogP contribution in [0.5, 0.6) is 0 Å². The van der Waals surface area contributed by atoms with Gasteiger partial charge in [-0.2, -0.15) is 0 Å². The van der Waals surface area contributed by atoms with Gasteiger partial charge in [-0.05, 0) is 29.4 Å². The van der Waals surface area contributed by atoms with Crippen molar-refractivity contribution in [2.45, 2.75) is 0 Å². The van der Waals surface area contributed by atoms with Crippen molar-refractivity contribution in [2.75, 3.05) is 5.88 Å². The van der Waals surface area contributed by atoms with Gasteiger partial charge < -0.3 is 0 Å². The molecule has 2 heteroatoms. The van der Waals surface area contributed by atoms with Crippen LogP contribution in [0.3, 0.4) is 0 Å². The van der Waals surface area contributed by atoms with Crippen LogP contribution < -0.4 is 15.9 Å². The summed E-state index contributed by atoms with van der Waals surface area (Å²) >= 11 is 5.46. The lowest BCUT2D eigenvalue weighted by Crippen LogP contribution is -2.20. The Morgan fingerprint density at radius 3 is 1.21 bits per heavy atom. The van der Waals surface area contributed by atoms with Crippen molar-refractivity contribution in [1.82, 2.24) is 0 Å². The first-order valence-electron chi connectivity index (χ1n) is 9.61. The van der Waals surface area contributed by atoms with E-state index in [0.717, 1.165) is 0 Å². The largest absolute Gasteiger partial charge is 0.122 e. The van der Waals surface area contributed by atoms with Crippen LogP contribution in [0.25, 0.3) is 6.08 Å². The summed E-state index contributed by atoms with van der Waals surface area (Å²) in [6.07, 6.45) is 3.93. The second kappa shape index (κ2) is 12.0. The number of alkyl halides is 1. The van der Waals surface area contributed by atoms with Gasteiger partial charge in [0.25, 0.3) is 0 Å². The SMILES string of the molecule is ClC/C=C/c1ccccc1.c1ccc(P(c2ccccc2)c2ccccc2)cc1. The maximum atomic E-state index is 5.46. The minimum absolute atomic E-state index is 0.446. The van der Waals surface area contributed by atoms with Crippen molar-refractivity contribution < 1.29 is 0 Å². The third-order valence-electron chi connectivity index (χ3n) is 4.24. The highest BCUT2D eigenvalue weighted by Gasteiger charge is 2.14. The predicted molar refractivity (Wildman–Crippen MR) is 131 cm³/mol. The van der Waals surface area contributed by atoms with E-state index in [-0.39, 0.29) is 0 Å². The second-order valence-electron chi connectivity index (χ2n) is 6.31. The number of rotatable bonds is 5. The third kappa shape index (κ3) is 6.71. The third-order valence-corrected chi connectivity index (χ3v) is 6.86. The summed E-state index contributed by atoms with van der Waals surface area (Å²) in [5, 5.41) is 4.19. The Morgan fingerprint density at radius 1 is 0.517 bits per heavy atom. The van der Waals surface area contributed by atoms with Crippen LogP contribution in [0.2, 0.25) is 0 Å². The summed E-state index contributed by atoms with van der Waals surface area (Å²) in [5.74, 6) is 0.578. The minimum atomic E-state index is -0.446. The molecule has 0 unspecified atom stereocenters. The lowest BCUT2D eigenvalue weighted by Gasteiger charge is -2.18. The van der Waals surface area contributed by atoms with Gasteiger partial charge in [-0.1, -0.05) is 133 Å². The van der Waals surface area contributed by atoms with Crippen molar-refractivity contribution in [1.29, 1.82) is 0 Å². The Hall–Kier alpha value is -2.66. The van der Waals surface area contributed by atoms with Crippen LogP contribution in [0.15, 0.2) is 127 Å². The van der Waals surface area contributed by atoms with Gasteiger partial charge in [0.2, 0.25) is 0 Å². The Balaban J connectivity index is 0.000000204. The number of allylic oxidation sites excluding steroid dienone is 1. The first-order chi connectivity index (χ1) is 14.4. The topological polar surface area (TPSA) is 0 Å². The van der Waals surface area contributed by atoms with E-state index in [0.29, 0.717) is 5.88 Å². The molecule has 4 aromatic rings. The van der Waals surface area contributed by atoms with Crippen molar-refractivity contribution in [3.8, 4) is 0 Å². The zero-order valence-electron chi connectivity index (χ0n) is 16.2.